The van der Waals surface area contributed by atoms with Crippen molar-refractivity contribution in [2.24, 2.45) is 7.05 Å². The number of para-hydroxylation sites is 1. The number of carbonyl (C=O) groups is 1. The summed E-state index contributed by atoms with van der Waals surface area (Å²) in [7, 11) is 1.95. The lowest BCUT2D eigenvalue weighted by molar-refractivity contribution is -0.132. The van der Waals surface area contributed by atoms with Gasteiger partial charge in [0.1, 0.15) is 11.6 Å². The molecule has 0 radical (unpaired) electrons. The van der Waals surface area contributed by atoms with Gasteiger partial charge in [0, 0.05) is 61.9 Å². The number of fused-ring (bicyclic) bond motifs is 1. The molecule has 5 rings (SSSR count). The fourth-order valence-electron chi connectivity index (χ4n) is 5.99. The molecule has 1 aliphatic rings. The Kier molecular flexibility index (Phi) is 8.27. The Bertz CT molecular complexity index is 1430. The van der Waals surface area contributed by atoms with Gasteiger partial charge in [0.15, 0.2) is 0 Å². The third-order valence-corrected chi connectivity index (χ3v) is 7.96. The standard InChI is InChI=1S/C32H37FN4O2/c1-22-27-8-4-9-28(33)32(27)36(2)31(22)26-7-5-18-37(21-26)30(39)10-3-6-23-11-13-24(14-12-23)25-15-16-29(35-20-25)34-17-19-38/h4,8-9,11-16,20,26,38H,3,5-7,10,17-19,21H2,1-2H3,(H,34,35). The number of halogens is 1. The van der Waals surface area contributed by atoms with E-state index in [4.69, 9.17) is 5.11 Å². The topological polar surface area (TPSA) is 70.4 Å². The van der Waals surface area contributed by atoms with E-state index in [2.05, 4.69) is 41.5 Å². The summed E-state index contributed by atoms with van der Waals surface area (Å²) in [6.07, 6.45) is 6.01. The summed E-state index contributed by atoms with van der Waals surface area (Å²) in [5.74, 6) is 0.985. The van der Waals surface area contributed by atoms with E-state index in [1.54, 1.807) is 6.07 Å². The lowest BCUT2D eigenvalue weighted by atomic mass is 9.91. The molecule has 0 bridgehead atoms. The van der Waals surface area contributed by atoms with Crippen molar-refractivity contribution in [1.29, 1.82) is 0 Å². The molecule has 3 heterocycles. The Balaban J connectivity index is 1.15. The van der Waals surface area contributed by atoms with Crippen molar-refractivity contribution in [2.75, 3.05) is 31.6 Å². The Morgan fingerprint density at radius 3 is 2.64 bits per heavy atom. The van der Waals surface area contributed by atoms with Crippen LogP contribution in [0.3, 0.4) is 0 Å². The van der Waals surface area contributed by atoms with Crippen LogP contribution >= 0.6 is 0 Å². The van der Waals surface area contributed by atoms with Gasteiger partial charge >= 0.3 is 0 Å². The van der Waals surface area contributed by atoms with E-state index >= 15 is 0 Å². The van der Waals surface area contributed by atoms with E-state index in [0.717, 1.165) is 65.8 Å². The highest BCUT2D eigenvalue weighted by atomic mass is 19.1. The molecule has 0 saturated carbocycles. The Morgan fingerprint density at radius 2 is 1.92 bits per heavy atom. The Hall–Kier alpha value is -3.71. The lowest BCUT2D eigenvalue weighted by Gasteiger charge is -2.33. The van der Waals surface area contributed by atoms with Crippen LogP contribution in [0.5, 0.6) is 0 Å². The van der Waals surface area contributed by atoms with E-state index in [-0.39, 0.29) is 24.2 Å². The van der Waals surface area contributed by atoms with Gasteiger partial charge in [0.25, 0.3) is 0 Å². The number of benzene rings is 2. The number of aliphatic hydroxyl groups is 1. The van der Waals surface area contributed by atoms with Crippen LogP contribution in [-0.4, -0.2) is 51.7 Å². The normalized spacial score (nSPS) is 15.6. The zero-order valence-electron chi connectivity index (χ0n) is 22.8. The number of piperidine rings is 1. The van der Waals surface area contributed by atoms with Crippen LogP contribution in [0.2, 0.25) is 0 Å². The predicted octanol–water partition coefficient (Wildman–Crippen LogP) is 5.82. The Morgan fingerprint density at radius 1 is 1.13 bits per heavy atom. The molecule has 4 aromatic rings. The number of aliphatic hydroxyl groups excluding tert-OH is 1. The van der Waals surface area contributed by atoms with Gasteiger partial charge in [-0.15, -0.1) is 0 Å². The zero-order chi connectivity index (χ0) is 27.4. The number of rotatable bonds is 9. The summed E-state index contributed by atoms with van der Waals surface area (Å²) in [4.78, 5) is 19.5. The van der Waals surface area contributed by atoms with Crippen LogP contribution in [0, 0.1) is 12.7 Å². The summed E-state index contributed by atoms with van der Waals surface area (Å²) in [5.41, 5.74) is 6.28. The number of hydrogen-bond donors (Lipinski definition) is 2. The van der Waals surface area contributed by atoms with Crippen LogP contribution in [0.4, 0.5) is 10.2 Å². The molecule has 1 unspecified atom stereocenters. The zero-order valence-corrected chi connectivity index (χ0v) is 22.8. The van der Waals surface area contributed by atoms with Crippen molar-refractivity contribution < 1.29 is 14.3 Å². The highest BCUT2D eigenvalue weighted by Crippen LogP contribution is 2.35. The molecule has 0 spiro atoms. The largest absolute Gasteiger partial charge is 0.395 e. The van der Waals surface area contributed by atoms with Crippen molar-refractivity contribution in [3.05, 3.63) is 83.4 Å². The first kappa shape index (κ1) is 26.9. The maximum Gasteiger partial charge on any atom is 0.222 e. The average molecular weight is 529 g/mol. The minimum absolute atomic E-state index is 0.0716. The molecular weight excluding hydrogens is 491 g/mol. The maximum absolute atomic E-state index is 14.6. The molecule has 2 aromatic carbocycles. The van der Waals surface area contributed by atoms with Crippen molar-refractivity contribution >= 4 is 22.6 Å². The molecule has 2 aromatic heterocycles. The highest BCUT2D eigenvalue weighted by Gasteiger charge is 2.29. The Labute approximate surface area is 229 Å². The van der Waals surface area contributed by atoms with Crippen LogP contribution in [0.1, 0.15) is 48.4 Å². The molecule has 1 aliphatic heterocycles. The first-order valence-electron chi connectivity index (χ1n) is 13.9. The second-order valence-corrected chi connectivity index (χ2v) is 10.5. The second-order valence-electron chi connectivity index (χ2n) is 10.5. The molecule has 1 atom stereocenters. The number of anilines is 1. The summed E-state index contributed by atoms with van der Waals surface area (Å²) in [6, 6.07) is 17.6. The smallest absolute Gasteiger partial charge is 0.222 e. The second kappa shape index (κ2) is 12.0. The van der Waals surface area contributed by atoms with Crippen molar-refractivity contribution in [1.82, 2.24) is 14.5 Å². The van der Waals surface area contributed by atoms with E-state index < -0.39 is 0 Å². The molecule has 39 heavy (non-hydrogen) atoms. The van der Waals surface area contributed by atoms with Crippen LogP contribution in [-0.2, 0) is 18.3 Å². The number of nitrogens with one attached hydrogen (secondary N) is 1. The van der Waals surface area contributed by atoms with Crippen LogP contribution in [0.25, 0.3) is 22.0 Å². The molecule has 2 N–H and O–H groups in total. The van der Waals surface area contributed by atoms with Crippen LogP contribution in [0.15, 0.2) is 60.8 Å². The lowest BCUT2D eigenvalue weighted by Crippen LogP contribution is -2.39. The molecule has 1 saturated heterocycles. The number of pyridine rings is 1. The van der Waals surface area contributed by atoms with Gasteiger partial charge < -0.3 is 19.9 Å². The monoisotopic (exact) mass is 528 g/mol. The first-order chi connectivity index (χ1) is 19.0. The van der Waals surface area contributed by atoms with Gasteiger partial charge in [-0.05, 0) is 67.5 Å². The molecule has 0 aliphatic carbocycles. The van der Waals surface area contributed by atoms with Gasteiger partial charge in [-0.3, -0.25) is 4.79 Å². The quantitative estimate of drug-likeness (QED) is 0.287. The fourth-order valence-corrected chi connectivity index (χ4v) is 5.99. The van der Waals surface area contributed by atoms with Crippen molar-refractivity contribution in [3.8, 4) is 11.1 Å². The van der Waals surface area contributed by atoms with E-state index in [1.807, 2.05) is 40.9 Å². The molecule has 1 amide bonds. The summed E-state index contributed by atoms with van der Waals surface area (Å²) in [6.45, 7) is 4.12. The maximum atomic E-state index is 14.6. The molecule has 6 nitrogen and oxygen atoms in total. The number of aromatic nitrogens is 2. The predicted molar refractivity (Wildman–Crippen MR) is 154 cm³/mol. The third kappa shape index (κ3) is 5.83. The van der Waals surface area contributed by atoms with Crippen molar-refractivity contribution in [3.63, 3.8) is 0 Å². The molecule has 204 valence electrons. The number of nitrogens with zero attached hydrogens (tertiary/aromatic N) is 3. The fraction of sp³-hybridized carbons (Fsp3) is 0.375. The van der Waals surface area contributed by atoms with Gasteiger partial charge in [-0.2, -0.15) is 0 Å². The van der Waals surface area contributed by atoms with Crippen LogP contribution < -0.4 is 5.32 Å². The van der Waals surface area contributed by atoms with E-state index in [1.165, 1.54) is 11.6 Å². The number of aryl methyl sites for hydroxylation is 3. The molecule has 7 heteroatoms. The minimum Gasteiger partial charge on any atom is -0.395 e. The number of amides is 1. The van der Waals surface area contributed by atoms with Gasteiger partial charge in [-0.25, -0.2) is 9.37 Å². The average Bonchev–Trinajstić information content (AvgIpc) is 3.23. The van der Waals surface area contributed by atoms with Crippen molar-refractivity contribution in [2.45, 2.75) is 44.9 Å². The minimum atomic E-state index is -0.192. The first-order valence-corrected chi connectivity index (χ1v) is 13.9. The summed E-state index contributed by atoms with van der Waals surface area (Å²) < 4.78 is 16.6. The summed E-state index contributed by atoms with van der Waals surface area (Å²) in [5, 5.41) is 12.9. The van der Waals surface area contributed by atoms with Gasteiger partial charge in [0.2, 0.25) is 5.91 Å². The van der Waals surface area contributed by atoms with Gasteiger partial charge in [-0.1, -0.05) is 36.4 Å². The molecule has 1 fully saturated rings. The highest BCUT2D eigenvalue weighted by molar-refractivity contribution is 5.86. The SMILES string of the molecule is Cc1c(C2CCCN(C(=O)CCCc3ccc(-c4ccc(NCCO)nc4)cc3)C2)n(C)c2c(F)cccc12. The van der Waals surface area contributed by atoms with Gasteiger partial charge in [0.05, 0.1) is 12.1 Å². The number of hydrogen-bond acceptors (Lipinski definition) is 4. The third-order valence-electron chi connectivity index (χ3n) is 7.96. The van der Waals surface area contributed by atoms with E-state index in [0.29, 0.717) is 25.0 Å². The van der Waals surface area contributed by atoms with E-state index in [9.17, 15) is 9.18 Å². The summed E-state index contributed by atoms with van der Waals surface area (Å²) >= 11 is 0. The number of likely N-dealkylation sites (tertiary alicyclic amines) is 1. The number of carbonyl (C=O) groups excluding carboxylic acids is 1. The molecular formula is C32H37FN4O2.